The van der Waals surface area contributed by atoms with E-state index in [1.54, 1.807) is 25.1 Å². The van der Waals surface area contributed by atoms with Gasteiger partial charge < -0.3 is 19.2 Å². The lowest BCUT2D eigenvalue weighted by atomic mass is 10.1. The number of rotatable bonds is 5. The van der Waals surface area contributed by atoms with Crippen LogP contribution in [0.15, 0.2) is 40.8 Å². The van der Waals surface area contributed by atoms with E-state index in [1.165, 1.54) is 25.3 Å². The lowest BCUT2D eigenvalue weighted by Crippen LogP contribution is -2.15. The van der Waals surface area contributed by atoms with Crippen molar-refractivity contribution in [2.45, 2.75) is 13.5 Å². The van der Waals surface area contributed by atoms with E-state index in [9.17, 15) is 13.6 Å². The maximum absolute atomic E-state index is 12.7. The number of fused-ring (bicyclic) bond motifs is 1. The van der Waals surface area contributed by atoms with Gasteiger partial charge in [-0.05, 0) is 30.3 Å². The van der Waals surface area contributed by atoms with Crippen molar-refractivity contribution in [2.24, 2.45) is 0 Å². The molecule has 1 aromatic heterocycles. The number of anilines is 1. The molecule has 0 bridgehead atoms. The highest BCUT2D eigenvalue weighted by atomic mass is 19.3. The van der Waals surface area contributed by atoms with Crippen LogP contribution < -0.4 is 14.8 Å². The Hall–Kier alpha value is -3.16. The number of carbonyl (C=O) groups is 1. The van der Waals surface area contributed by atoms with E-state index < -0.39 is 12.5 Å². The lowest BCUT2D eigenvalue weighted by molar-refractivity contribution is -0.0515. The van der Waals surface area contributed by atoms with Crippen LogP contribution in [0.1, 0.15) is 16.2 Å². The second-order valence-electron chi connectivity index (χ2n) is 5.08. The molecule has 1 heterocycles. The summed E-state index contributed by atoms with van der Waals surface area (Å²) in [5, 5.41) is 2.62. The minimum Gasteiger partial charge on any atom is -0.493 e. The molecule has 0 unspecified atom stereocenters. The summed E-state index contributed by atoms with van der Waals surface area (Å²) in [4.78, 5) is 16.7. The molecular weight excluding hydrogens is 334 g/mol. The monoisotopic (exact) mass is 348 g/mol. The summed E-state index contributed by atoms with van der Waals surface area (Å²) in [6.07, 6.45) is 0. The first-order valence-corrected chi connectivity index (χ1v) is 7.28. The summed E-state index contributed by atoms with van der Waals surface area (Å²) < 4.78 is 40.1. The highest BCUT2D eigenvalue weighted by Gasteiger charge is 2.20. The number of carbonyl (C=O) groups excluding carboxylic acids is 1. The van der Waals surface area contributed by atoms with Gasteiger partial charge in [-0.25, -0.2) is 4.98 Å². The van der Waals surface area contributed by atoms with Gasteiger partial charge in [0.25, 0.3) is 5.91 Å². The Balaban J connectivity index is 1.91. The standard InChI is InChI=1S/C17H14F2N2O4/c1-9-20-12-8-10(6-7-13(12)24-9)21-16(22)11-4-3-5-14(23-2)15(11)25-17(18)19/h3-8,17H,1-2H3,(H,21,22). The summed E-state index contributed by atoms with van der Waals surface area (Å²) >= 11 is 0. The molecule has 0 radical (unpaired) electrons. The van der Waals surface area contributed by atoms with E-state index >= 15 is 0 Å². The number of nitrogens with zero attached hydrogens (tertiary/aromatic N) is 1. The van der Waals surface area contributed by atoms with Crippen LogP contribution in [0.2, 0.25) is 0 Å². The van der Waals surface area contributed by atoms with Crippen LogP contribution in [0.4, 0.5) is 14.5 Å². The molecule has 130 valence electrons. The Morgan fingerprint density at radius 2 is 2.08 bits per heavy atom. The number of halogens is 2. The number of oxazole rings is 1. The fourth-order valence-corrected chi connectivity index (χ4v) is 2.38. The number of ether oxygens (including phenoxy) is 2. The second-order valence-corrected chi connectivity index (χ2v) is 5.08. The minimum atomic E-state index is -3.09. The van der Waals surface area contributed by atoms with Crippen molar-refractivity contribution in [1.82, 2.24) is 4.98 Å². The zero-order valence-electron chi connectivity index (χ0n) is 13.4. The molecule has 6 nitrogen and oxygen atoms in total. The largest absolute Gasteiger partial charge is 0.493 e. The lowest BCUT2D eigenvalue weighted by Gasteiger charge is -2.14. The van der Waals surface area contributed by atoms with E-state index in [2.05, 4.69) is 15.0 Å². The van der Waals surface area contributed by atoms with Gasteiger partial charge in [0, 0.05) is 12.6 Å². The fourth-order valence-electron chi connectivity index (χ4n) is 2.38. The molecule has 0 saturated carbocycles. The first kappa shape index (κ1) is 16.7. The van der Waals surface area contributed by atoms with Crippen molar-refractivity contribution >= 4 is 22.7 Å². The number of nitrogens with one attached hydrogen (secondary N) is 1. The van der Waals surface area contributed by atoms with Crippen molar-refractivity contribution in [1.29, 1.82) is 0 Å². The number of hydrogen-bond donors (Lipinski definition) is 1. The molecule has 0 atom stereocenters. The van der Waals surface area contributed by atoms with Gasteiger partial charge in [-0.3, -0.25) is 4.79 Å². The van der Waals surface area contributed by atoms with Crippen LogP contribution >= 0.6 is 0 Å². The number of benzene rings is 2. The van der Waals surface area contributed by atoms with Crippen LogP contribution in [0, 0.1) is 6.92 Å². The molecule has 8 heteroatoms. The first-order chi connectivity index (χ1) is 12.0. The predicted octanol–water partition coefficient (Wildman–Crippen LogP) is 4.00. The van der Waals surface area contributed by atoms with Crippen molar-refractivity contribution in [2.75, 3.05) is 12.4 Å². The molecule has 2 aromatic carbocycles. The van der Waals surface area contributed by atoms with Crippen molar-refractivity contribution in [3.8, 4) is 11.5 Å². The predicted molar refractivity (Wildman–Crippen MR) is 86.3 cm³/mol. The number of amides is 1. The molecule has 0 aliphatic rings. The molecule has 1 N–H and O–H groups in total. The van der Waals surface area contributed by atoms with E-state index in [0.29, 0.717) is 22.7 Å². The van der Waals surface area contributed by atoms with Gasteiger partial charge in [0.15, 0.2) is 23.0 Å². The number of para-hydroxylation sites is 1. The summed E-state index contributed by atoms with van der Waals surface area (Å²) in [6.45, 7) is -1.38. The Bertz CT molecular complexity index is 924. The van der Waals surface area contributed by atoms with E-state index in [4.69, 9.17) is 9.15 Å². The van der Waals surface area contributed by atoms with Crippen LogP contribution in [0.3, 0.4) is 0 Å². The maximum Gasteiger partial charge on any atom is 0.387 e. The Labute approximate surface area is 141 Å². The van der Waals surface area contributed by atoms with Gasteiger partial charge in [0.2, 0.25) is 0 Å². The third kappa shape index (κ3) is 3.52. The number of hydrogen-bond acceptors (Lipinski definition) is 5. The van der Waals surface area contributed by atoms with Crippen molar-refractivity contribution in [3.05, 3.63) is 47.9 Å². The number of aromatic nitrogens is 1. The molecule has 0 saturated heterocycles. The average molecular weight is 348 g/mol. The molecule has 0 fully saturated rings. The van der Waals surface area contributed by atoms with Gasteiger partial charge in [0.05, 0.1) is 12.7 Å². The molecule has 3 aromatic rings. The fraction of sp³-hybridized carbons (Fsp3) is 0.176. The third-order valence-corrected chi connectivity index (χ3v) is 3.40. The maximum atomic E-state index is 12.7. The van der Waals surface area contributed by atoms with Gasteiger partial charge >= 0.3 is 6.61 Å². The summed E-state index contributed by atoms with van der Waals surface area (Å²) in [7, 11) is 1.30. The first-order valence-electron chi connectivity index (χ1n) is 7.28. The van der Waals surface area contributed by atoms with Crippen molar-refractivity contribution in [3.63, 3.8) is 0 Å². The number of methoxy groups -OCH3 is 1. The smallest absolute Gasteiger partial charge is 0.387 e. The van der Waals surface area contributed by atoms with E-state index in [0.717, 1.165) is 0 Å². The molecule has 0 spiro atoms. The highest BCUT2D eigenvalue weighted by molar-refractivity contribution is 6.07. The second kappa shape index (κ2) is 6.76. The SMILES string of the molecule is COc1cccc(C(=O)Nc2ccc3oc(C)nc3c2)c1OC(F)F. The molecule has 0 aliphatic carbocycles. The molecule has 0 aliphatic heterocycles. The highest BCUT2D eigenvalue weighted by Crippen LogP contribution is 2.33. The van der Waals surface area contributed by atoms with E-state index in [1.807, 2.05) is 0 Å². The van der Waals surface area contributed by atoms with Gasteiger partial charge in [-0.1, -0.05) is 6.07 Å². The quantitative estimate of drug-likeness (QED) is 0.754. The van der Waals surface area contributed by atoms with Crippen molar-refractivity contribution < 1.29 is 27.5 Å². The Morgan fingerprint density at radius 3 is 2.80 bits per heavy atom. The Kier molecular flexibility index (Phi) is 4.51. The molecular formula is C17H14F2N2O4. The van der Waals surface area contributed by atoms with E-state index in [-0.39, 0.29) is 17.1 Å². The van der Waals surface area contributed by atoms with Crippen LogP contribution in [0.25, 0.3) is 11.1 Å². The molecule has 1 amide bonds. The van der Waals surface area contributed by atoms with Crippen LogP contribution in [-0.4, -0.2) is 24.6 Å². The zero-order valence-corrected chi connectivity index (χ0v) is 13.4. The zero-order chi connectivity index (χ0) is 18.0. The van der Waals surface area contributed by atoms with Crippen LogP contribution in [0.5, 0.6) is 11.5 Å². The topological polar surface area (TPSA) is 73.6 Å². The summed E-state index contributed by atoms with van der Waals surface area (Å²) in [6, 6.07) is 9.21. The number of aryl methyl sites for hydroxylation is 1. The Morgan fingerprint density at radius 1 is 1.28 bits per heavy atom. The van der Waals surface area contributed by atoms with Gasteiger partial charge in [-0.2, -0.15) is 8.78 Å². The number of alkyl halides is 2. The summed E-state index contributed by atoms with van der Waals surface area (Å²) in [5.74, 6) is -0.403. The molecule has 3 rings (SSSR count). The van der Waals surface area contributed by atoms with Gasteiger partial charge in [0.1, 0.15) is 5.52 Å². The minimum absolute atomic E-state index is 0.0375. The normalized spacial score (nSPS) is 10.9. The average Bonchev–Trinajstić information content (AvgIpc) is 2.93. The summed E-state index contributed by atoms with van der Waals surface area (Å²) in [5.41, 5.74) is 1.52. The van der Waals surface area contributed by atoms with Gasteiger partial charge in [-0.15, -0.1) is 0 Å². The molecule has 25 heavy (non-hydrogen) atoms. The third-order valence-electron chi connectivity index (χ3n) is 3.40. The van der Waals surface area contributed by atoms with Crippen LogP contribution in [-0.2, 0) is 0 Å².